The molecule has 5 heteroatoms. The number of hydrogen-bond acceptors (Lipinski definition) is 3. The molecule has 24 heavy (non-hydrogen) atoms. The van der Waals surface area contributed by atoms with E-state index in [1.807, 2.05) is 11.9 Å². The second kappa shape index (κ2) is 6.40. The van der Waals surface area contributed by atoms with Crippen LogP contribution in [0.4, 0.5) is 0 Å². The Bertz CT molecular complexity index is 730. The molecule has 126 valence electrons. The minimum absolute atomic E-state index is 0.108. The van der Waals surface area contributed by atoms with E-state index in [2.05, 4.69) is 34.3 Å². The van der Waals surface area contributed by atoms with Gasteiger partial charge < -0.3 is 4.90 Å². The highest BCUT2D eigenvalue weighted by atomic mass is 16.2. The van der Waals surface area contributed by atoms with Crippen LogP contribution >= 0.6 is 0 Å². The van der Waals surface area contributed by atoms with Crippen molar-refractivity contribution in [2.45, 2.75) is 25.3 Å². The summed E-state index contributed by atoms with van der Waals surface area (Å²) in [7, 11) is 1.84. The SMILES string of the molecule is Cn1cc(C(=O)N2CCN(C3CCc4ccccc4C3)CC2)cn1. The summed E-state index contributed by atoms with van der Waals surface area (Å²) in [5.74, 6) is 0.108. The molecule has 2 heterocycles. The highest BCUT2D eigenvalue weighted by Crippen LogP contribution is 2.25. The summed E-state index contributed by atoms with van der Waals surface area (Å²) in [6.45, 7) is 3.56. The van der Waals surface area contributed by atoms with Gasteiger partial charge in [0, 0.05) is 45.5 Å². The topological polar surface area (TPSA) is 41.4 Å². The fourth-order valence-corrected chi connectivity index (χ4v) is 3.99. The van der Waals surface area contributed by atoms with Crippen LogP contribution in [0.1, 0.15) is 27.9 Å². The number of amides is 1. The van der Waals surface area contributed by atoms with Crippen LogP contribution in [0.25, 0.3) is 0 Å². The van der Waals surface area contributed by atoms with E-state index in [0.29, 0.717) is 11.6 Å². The summed E-state index contributed by atoms with van der Waals surface area (Å²) in [5.41, 5.74) is 3.71. The van der Waals surface area contributed by atoms with Crippen molar-refractivity contribution < 1.29 is 4.79 Å². The molecule has 0 saturated carbocycles. The molecule has 1 aliphatic heterocycles. The molecule has 1 unspecified atom stereocenters. The lowest BCUT2D eigenvalue weighted by atomic mass is 9.87. The van der Waals surface area contributed by atoms with Crippen LogP contribution < -0.4 is 0 Å². The molecule has 2 aliphatic rings. The molecule has 0 spiro atoms. The second-order valence-electron chi connectivity index (χ2n) is 6.90. The first-order chi connectivity index (χ1) is 11.7. The highest BCUT2D eigenvalue weighted by molar-refractivity contribution is 5.93. The van der Waals surface area contributed by atoms with Crippen LogP contribution in [-0.2, 0) is 19.9 Å². The van der Waals surface area contributed by atoms with Gasteiger partial charge in [0.2, 0.25) is 0 Å². The van der Waals surface area contributed by atoms with E-state index < -0.39 is 0 Å². The Hall–Kier alpha value is -2.14. The van der Waals surface area contributed by atoms with Crippen LogP contribution in [0.3, 0.4) is 0 Å². The first-order valence-corrected chi connectivity index (χ1v) is 8.79. The molecule has 1 aromatic carbocycles. The van der Waals surface area contributed by atoms with Crippen molar-refractivity contribution in [2.24, 2.45) is 7.05 Å². The maximum absolute atomic E-state index is 12.5. The van der Waals surface area contributed by atoms with Crippen LogP contribution in [0.15, 0.2) is 36.7 Å². The zero-order valence-corrected chi connectivity index (χ0v) is 14.2. The molecule has 0 radical (unpaired) electrons. The number of piperazine rings is 1. The molecule has 1 aromatic heterocycles. The number of benzene rings is 1. The predicted octanol–water partition coefficient (Wildman–Crippen LogP) is 1.74. The fraction of sp³-hybridized carbons (Fsp3) is 0.474. The molecular formula is C19H24N4O. The van der Waals surface area contributed by atoms with Crippen LogP contribution in [0.2, 0.25) is 0 Å². The van der Waals surface area contributed by atoms with Gasteiger partial charge in [-0.15, -0.1) is 0 Å². The monoisotopic (exact) mass is 324 g/mol. The number of fused-ring (bicyclic) bond motifs is 1. The van der Waals surface area contributed by atoms with E-state index in [0.717, 1.165) is 32.6 Å². The van der Waals surface area contributed by atoms with Crippen molar-refractivity contribution in [1.29, 1.82) is 0 Å². The summed E-state index contributed by atoms with van der Waals surface area (Å²) >= 11 is 0. The third-order valence-electron chi connectivity index (χ3n) is 5.39. The largest absolute Gasteiger partial charge is 0.336 e. The summed E-state index contributed by atoms with van der Waals surface area (Å²) in [6, 6.07) is 9.43. The Morgan fingerprint density at radius 1 is 1.12 bits per heavy atom. The van der Waals surface area contributed by atoms with Crippen molar-refractivity contribution in [1.82, 2.24) is 19.6 Å². The summed E-state index contributed by atoms with van der Waals surface area (Å²) < 4.78 is 1.68. The van der Waals surface area contributed by atoms with Gasteiger partial charge in [0.15, 0.2) is 0 Å². The molecule has 5 nitrogen and oxygen atoms in total. The van der Waals surface area contributed by atoms with Gasteiger partial charge in [-0.2, -0.15) is 5.10 Å². The summed E-state index contributed by atoms with van der Waals surface area (Å²) in [5, 5.41) is 4.10. The minimum Gasteiger partial charge on any atom is -0.336 e. The predicted molar refractivity (Wildman–Crippen MR) is 92.9 cm³/mol. The van der Waals surface area contributed by atoms with Crippen LogP contribution in [-0.4, -0.2) is 57.7 Å². The average molecular weight is 324 g/mol. The van der Waals surface area contributed by atoms with Gasteiger partial charge in [0.25, 0.3) is 5.91 Å². The number of rotatable bonds is 2. The summed E-state index contributed by atoms with van der Waals surface area (Å²) in [4.78, 5) is 17.0. The quantitative estimate of drug-likeness (QED) is 0.845. The van der Waals surface area contributed by atoms with Gasteiger partial charge >= 0.3 is 0 Å². The molecule has 0 bridgehead atoms. The number of carbonyl (C=O) groups excluding carboxylic acids is 1. The van der Waals surface area contributed by atoms with Gasteiger partial charge in [-0.05, 0) is 30.4 Å². The van der Waals surface area contributed by atoms with E-state index in [1.165, 1.54) is 24.0 Å². The molecular weight excluding hydrogens is 300 g/mol. The van der Waals surface area contributed by atoms with Crippen LogP contribution in [0.5, 0.6) is 0 Å². The smallest absolute Gasteiger partial charge is 0.257 e. The van der Waals surface area contributed by atoms with Crippen molar-refractivity contribution in [3.63, 3.8) is 0 Å². The Labute approximate surface area is 142 Å². The Morgan fingerprint density at radius 2 is 1.88 bits per heavy atom. The van der Waals surface area contributed by atoms with Crippen LogP contribution in [0, 0.1) is 0 Å². The van der Waals surface area contributed by atoms with Crippen molar-refractivity contribution in [3.05, 3.63) is 53.3 Å². The Morgan fingerprint density at radius 3 is 2.58 bits per heavy atom. The number of nitrogens with zero attached hydrogens (tertiary/aromatic N) is 4. The zero-order valence-electron chi connectivity index (χ0n) is 14.2. The lowest BCUT2D eigenvalue weighted by molar-refractivity contribution is 0.0553. The van der Waals surface area contributed by atoms with Crippen molar-refractivity contribution in [3.8, 4) is 0 Å². The first-order valence-electron chi connectivity index (χ1n) is 8.79. The molecule has 1 amide bonds. The third kappa shape index (κ3) is 2.96. The van der Waals surface area contributed by atoms with E-state index >= 15 is 0 Å². The normalized spacial score (nSPS) is 21.5. The Kier molecular flexibility index (Phi) is 4.10. The number of carbonyl (C=O) groups is 1. The van der Waals surface area contributed by atoms with Gasteiger partial charge in [-0.3, -0.25) is 14.4 Å². The Balaban J connectivity index is 1.36. The molecule has 4 rings (SSSR count). The molecule has 1 fully saturated rings. The maximum atomic E-state index is 12.5. The fourth-order valence-electron chi connectivity index (χ4n) is 3.99. The van der Waals surface area contributed by atoms with E-state index in [-0.39, 0.29) is 5.91 Å². The third-order valence-corrected chi connectivity index (χ3v) is 5.39. The van der Waals surface area contributed by atoms with Gasteiger partial charge in [0.05, 0.1) is 11.8 Å². The van der Waals surface area contributed by atoms with Crippen molar-refractivity contribution in [2.75, 3.05) is 26.2 Å². The molecule has 2 aromatic rings. The van der Waals surface area contributed by atoms with E-state index in [4.69, 9.17) is 0 Å². The minimum atomic E-state index is 0.108. The average Bonchev–Trinajstić information content (AvgIpc) is 3.07. The van der Waals surface area contributed by atoms with Gasteiger partial charge in [-0.25, -0.2) is 0 Å². The number of aromatic nitrogens is 2. The zero-order chi connectivity index (χ0) is 16.5. The van der Waals surface area contributed by atoms with Crippen molar-refractivity contribution >= 4 is 5.91 Å². The molecule has 0 N–H and O–H groups in total. The molecule has 1 aliphatic carbocycles. The lowest BCUT2D eigenvalue weighted by Gasteiger charge is -2.41. The first kappa shape index (κ1) is 15.4. The van der Waals surface area contributed by atoms with E-state index in [9.17, 15) is 4.79 Å². The van der Waals surface area contributed by atoms with Gasteiger partial charge in [-0.1, -0.05) is 24.3 Å². The molecule has 1 saturated heterocycles. The standard InChI is InChI=1S/C19H24N4O/c1-21-14-17(13-20-21)19(24)23-10-8-22(9-11-23)18-7-6-15-4-2-3-5-16(15)12-18/h2-5,13-14,18H,6-12H2,1H3. The van der Waals surface area contributed by atoms with E-state index in [1.54, 1.807) is 17.1 Å². The lowest BCUT2D eigenvalue weighted by Crippen LogP contribution is -2.53. The summed E-state index contributed by atoms with van der Waals surface area (Å²) in [6.07, 6.45) is 7.01. The number of hydrogen-bond donors (Lipinski definition) is 0. The molecule has 1 atom stereocenters. The number of aryl methyl sites for hydroxylation is 2. The highest BCUT2D eigenvalue weighted by Gasteiger charge is 2.29. The maximum Gasteiger partial charge on any atom is 0.257 e. The second-order valence-corrected chi connectivity index (χ2v) is 6.90. The van der Waals surface area contributed by atoms with Gasteiger partial charge in [0.1, 0.15) is 0 Å².